The first-order valence-electron chi connectivity index (χ1n) is 10.6. The molecule has 1 atom stereocenters. The average molecular weight is 534 g/mol. The summed E-state index contributed by atoms with van der Waals surface area (Å²) in [6.45, 7) is 6.48. The van der Waals surface area contributed by atoms with Crippen LogP contribution in [0.2, 0.25) is 0 Å². The van der Waals surface area contributed by atoms with E-state index in [2.05, 4.69) is 73.4 Å². The number of hydrogen-bond donors (Lipinski definition) is 2. The zero-order chi connectivity index (χ0) is 20.9. The van der Waals surface area contributed by atoms with E-state index < -0.39 is 0 Å². The molecule has 0 fully saturated rings. The lowest BCUT2D eigenvalue weighted by molar-refractivity contribution is 0.391. The van der Waals surface area contributed by atoms with Crippen molar-refractivity contribution in [1.29, 1.82) is 0 Å². The van der Waals surface area contributed by atoms with Gasteiger partial charge in [-0.3, -0.25) is 4.99 Å². The predicted octanol–water partition coefficient (Wildman–Crippen LogP) is 2.94. The summed E-state index contributed by atoms with van der Waals surface area (Å²) in [7, 11) is 1.80. The first-order chi connectivity index (χ1) is 14.6. The van der Waals surface area contributed by atoms with Crippen molar-refractivity contribution in [2.75, 3.05) is 7.05 Å². The fraction of sp³-hybridized carbons (Fsp3) is 0.455. The zero-order valence-electron chi connectivity index (χ0n) is 18.3. The third-order valence-corrected chi connectivity index (χ3v) is 5.37. The Morgan fingerprint density at radius 2 is 2.06 bits per heavy atom. The molecular formula is C22H31IN8. The first kappa shape index (κ1) is 23.2. The van der Waals surface area contributed by atoms with Crippen LogP contribution in [-0.2, 0) is 26.1 Å². The van der Waals surface area contributed by atoms with Crippen molar-refractivity contribution < 1.29 is 0 Å². The summed E-state index contributed by atoms with van der Waals surface area (Å²) in [5.74, 6) is 4.12. The van der Waals surface area contributed by atoms with Gasteiger partial charge in [0.05, 0.1) is 13.1 Å². The minimum absolute atomic E-state index is 0. The third kappa shape index (κ3) is 5.84. The highest BCUT2D eigenvalue weighted by Crippen LogP contribution is 2.17. The van der Waals surface area contributed by atoms with Crippen LogP contribution in [0.3, 0.4) is 0 Å². The van der Waals surface area contributed by atoms with Gasteiger partial charge in [0, 0.05) is 44.4 Å². The van der Waals surface area contributed by atoms with Crippen molar-refractivity contribution in [2.45, 2.75) is 58.3 Å². The molecule has 1 unspecified atom stereocenters. The zero-order valence-corrected chi connectivity index (χ0v) is 20.7. The number of benzene rings is 1. The lowest BCUT2D eigenvalue weighted by atomic mass is 10.1. The van der Waals surface area contributed by atoms with Gasteiger partial charge in [0.1, 0.15) is 11.6 Å². The summed E-state index contributed by atoms with van der Waals surface area (Å²) in [5, 5.41) is 11.6. The second-order valence-corrected chi connectivity index (χ2v) is 7.99. The topological polar surface area (TPSA) is 84.9 Å². The maximum atomic E-state index is 4.67. The molecule has 9 heteroatoms. The van der Waals surface area contributed by atoms with E-state index in [1.54, 1.807) is 7.05 Å². The number of halogens is 1. The lowest BCUT2D eigenvalue weighted by Crippen LogP contribution is -2.47. The number of aryl methyl sites for hydroxylation is 1. The molecule has 2 aromatic heterocycles. The highest BCUT2D eigenvalue weighted by Gasteiger charge is 2.23. The van der Waals surface area contributed by atoms with Gasteiger partial charge in [-0.25, -0.2) is 14.6 Å². The molecule has 3 heterocycles. The summed E-state index contributed by atoms with van der Waals surface area (Å²) in [6, 6.07) is 10.7. The molecule has 0 saturated heterocycles. The van der Waals surface area contributed by atoms with Crippen LogP contribution < -0.4 is 10.6 Å². The van der Waals surface area contributed by atoms with Crippen molar-refractivity contribution in [3.63, 3.8) is 0 Å². The number of nitrogens with zero attached hydrogens (tertiary/aromatic N) is 6. The molecule has 166 valence electrons. The molecule has 31 heavy (non-hydrogen) atoms. The van der Waals surface area contributed by atoms with Crippen LogP contribution in [0.5, 0.6) is 0 Å². The molecule has 1 aromatic carbocycles. The average Bonchev–Trinajstić information content (AvgIpc) is 3.38. The molecule has 2 N–H and O–H groups in total. The fourth-order valence-electron chi connectivity index (χ4n) is 3.67. The van der Waals surface area contributed by atoms with Gasteiger partial charge in [-0.1, -0.05) is 44.2 Å². The molecule has 0 amide bonds. The Bertz CT molecular complexity index is 992. The van der Waals surface area contributed by atoms with Crippen LogP contribution in [-0.4, -0.2) is 43.4 Å². The lowest BCUT2D eigenvalue weighted by Gasteiger charge is -2.25. The molecule has 1 aliphatic heterocycles. The van der Waals surface area contributed by atoms with E-state index in [1.807, 2.05) is 23.1 Å². The van der Waals surface area contributed by atoms with Gasteiger partial charge in [-0.15, -0.1) is 24.0 Å². The van der Waals surface area contributed by atoms with Crippen molar-refractivity contribution in [2.24, 2.45) is 4.99 Å². The maximum absolute atomic E-state index is 4.67. The quantitative estimate of drug-likeness (QED) is 0.289. The Balaban J connectivity index is 0.00000272. The molecular weight excluding hydrogens is 503 g/mol. The second kappa shape index (κ2) is 10.7. The van der Waals surface area contributed by atoms with Crippen molar-refractivity contribution in [1.82, 2.24) is 34.9 Å². The molecule has 0 spiro atoms. The Hall–Kier alpha value is -2.43. The van der Waals surface area contributed by atoms with Crippen LogP contribution in [0.4, 0.5) is 0 Å². The summed E-state index contributed by atoms with van der Waals surface area (Å²) in [6.07, 6.45) is 5.80. The van der Waals surface area contributed by atoms with Gasteiger partial charge in [0.15, 0.2) is 11.8 Å². The number of fused-ring (bicyclic) bond motifs is 1. The number of rotatable bonds is 6. The van der Waals surface area contributed by atoms with Crippen LogP contribution in [0, 0.1) is 0 Å². The van der Waals surface area contributed by atoms with E-state index in [0.717, 1.165) is 49.4 Å². The van der Waals surface area contributed by atoms with E-state index in [9.17, 15) is 0 Å². The van der Waals surface area contributed by atoms with E-state index in [1.165, 1.54) is 5.56 Å². The molecule has 0 radical (unpaired) electrons. The van der Waals surface area contributed by atoms with Crippen LogP contribution >= 0.6 is 24.0 Å². The predicted molar refractivity (Wildman–Crippen MR) is 133 cm³/mol. The minimum atomic E-state index is 0. The van der Waals surface area contributed by atoms with Crippen molar-refractivity contribution in [3.05, 3.63) is 65.8 Å². The Kier molecular flexibility index (Phi) is 8.05. The highest BCUT2D eigenvalue weighted by atomic mass is 127. The number of hydrogen-bond acceptors (Lipinski definition) is 4. The Morgan fingerprint density at radius 1 is 1.26 bits per heavy atom. The molecule has 0 saturated carbocycles. The largest absolute Gasteiger partial charge is 0.352 e. The molecule has 1 aliphatic rings. The molecule has 3 aromatic rings. The van der Waals surface area contributed by atoms with Gasteiger partial charge in [-0.05, 0) is 12.0 Å². The molecule has 0 bridgehead atoms. The van der Waals surface area contributed by atoms with E-state index in [4.69, 9.17) is 0 Å². The number of aliphatic imine (C=N–C) groups is 1. The number of imidazole rings is 1. The normalized spacial score (nSPS) is 16.0. The molecule has 0 aliphatic carbocycles. The highest BCUT2D eigenvalue weighted by molar-refractivity contribution is 14.0. The number of nitrogens with one attached hydrogen (secondary N) is 2. The minimum Gasteiger partial charge on any atom is -0.352 e. The van der Waals surface area contributed by atoms with Gasteiger partial charge in [0.2, 0.25) is 0 Å². The Morgan fingerprint density at radius 3 is 2.81 bits per heavy atom. The van der Waals surface area contributed by atoms with Gasteiger partial charge in [0.25, 0.3) is 0 Å². The summed E-state index contributed by atoms with van der Waals surface area (Å²) < 4.78 is 4.20. The van der Waals surface area contributed by atoms with Gasteiger partial charge < -0.3 is 15.2 Å². The van der Waals surface area contributed by atoms with Crippen LogP contribution in [0.15, 0.2) is 47.7 Å². The summed E-state index contributed by atoms with van der Waals surface area (Å²) in [5.41, 5.74) is 1.26. The Labute approximate surface area is 200 Å². The van der Waals surface area contributed by atoms with E-state index in [0.29, 0.717) is 12.5 Å². The maximum Gasteiger partial charge on any atom is 0.191 e. The summed E-state index contributed by atoms with van der Waals surface area (Å²) in [4.78, 5) is 13.6. The fourth-order valence-corrected chi connectivity index (χ4v) is 3.67. The number of aromatic nitrogens is 5. The standard InChI is InChI=1S/C22H30N8.HI/c1-16(2)21-27-19-10-9-18(15-30(19)28-21)26-22(23-3)25-13-20-24-11-12-29(20)14-17-7-5-4-6-8-17;/h4-8,11-12,16,18H,9-10,13-15H2,1-3H3,(H2,23,25,26);1H. The van der Waals surface area contributed by atoms with E-state index in [-0.39, 0.29) is 30.0 Å². The first-order valence-corrected chi connectivity index (χ1v) is 10.6. The number of guanidine groups is 1. The van der Waals surface area contributed by atoms with Crippen molar-refractivity contribution in [3.8, 4) is 0 Å². The monoisotopic (exact) mass is 534 g/mol. The van der Waals surface area contributed by atoms with E-state index >= 15 is 0 Å². The SMILES string of the molecule is CN=C(NCc1nccn1Cc1ccccc1)NC1CCc2nc(C(C)C)nn2C1.I. The van der Waals surface area contributed by atoms with Crippen LogP contribution in [0.25, 0.3) is 0 Å². The van der Waals surface area contributed by atoms with Crippen LogP contribution in [0.1, 0.15) is 49.2 Å². The third-order valence-electron chi connectivity index (χ3n) is 5.37. The second-order valence-electron chi connectivity index (χ2n) is 7.99. The van der Waals surface area contributed by atoms with Gasteiger partial charge >= 0.3 is 0 Å². The summed E-state index contributed by atoms with van der Waals surface area (Å²) >= 11 is 0. The van der Waals surface area contributed by atoms with Gasteiger partial charge in [-0.2, -0.15) is 5.10 Å². The molecule has 8 nitrogen and oxygen atoms in total. The molecule has 4 rings (SSSR count). The smallest absolute Gasteiger partial charge is 0.191 e. The van der Waals surface area contributed by atoms with Crippen molar-refractivity contribution >= 4 is 29.9 Å².